The van der Waals surface area contributed by atoms with Gasteiger partial charge in [-0.05, 0) is 6.07 Å². The van der Waals surface area contributed by atoms with Crippen LogP contribution < -0.4 is 5.73 Å². The number of amides is 1. The van der Waals surface area contributed by atoms with Gasteiger partial charge in [0, 0.05) is 5.56 Å². The van der Waals surface area contributed by atoms with E-state index in [-0.39, 0.29) is 5.84 Å². The summed E-state index contributed by atoms with van der Waals surface area (Å²) in [7, 11) is 0. The van der Waals surface area contributed by atoms with Crippen LogP contribution in [0, 0.1) is 0 Å². The lowest BCUT2D eigenvalue weighted by atomic mass is 10.2. The second kappa shape index (κ2) is 3.42. The summed E-state index contributed by atoms with van der Waals surface area (Å²) in [4.78, 5) is 14.2. The minimum Gasteiger partial charge on any atom is -0.431 e. The molecule has 74 valence electrons. The van der Waals surface area contributed by atoms with Gasteiger partial charge in [-0.25, -0.2) is 4.79 Å². The molecule has 0 saturated heterocycles. The highest BCUT2D eigenvalue weighted by Crippen LogP contribution is 2.37. The lowest BCUT2D eigenvalue weighted by Gasteiger charge is -2.07. The fourth-order valence-corrected chi connectivity index (χ4v) is 2.62. The molecule has 0 aromatic carbocycles. The maximum absolute atomic E-state index is 10.8. The average molecular weight is 251 g/mol. The molecule has 0 radical (unpaired) electrons. The lowest BCUT2D eigenvalue weighted by molar-refractivity contribution is 0.149. The van der Waals surface area contributed by atoms with Gasteiger partial charge < -0.3 is 10.5 Å². The third-order valence-electron chi connectivity index (χ3n) is 1.67. The van der Waals surface area contributed by atoms with Crippen LogP contribution in [0.4, 0.5) is 4.79 Å². The number of amidine groups is 1. The first-order chi connectivity index (χ1) is 6.58. The third kappa shape index (κ3) is 1.58. The van der Waals surface area contributed by atoms with Gasteiger partial charge >= 0.3 is 6.09 Å². The SMILES string of the molecule is NC1=NC(=O)OC1c1cc(Cl)sc1Cl. The van der Waals surface area contributed by atoms with E-state index in [1.54, 1.807) is 6.07 Å². The summed E-state index contributed by atoms with van der Waals surface area (Å²) in [6.07, 6.45) is -1.40. The predicted octanol–water partition coefficient (Wildman–Crippen LogP) is 2.60. The molecule has 2 heterocycles. The molecule has 14 heavy (non-hydrogen) atoms. The van der Waals surface area contributed by atoms with Crippen molar-refractivity contribution in [3.8, 4) is 0 Å². The molecule has 0 saturated carbocycles. The maximum Gasteiger partial charge on any atom is 0.436 e. The number of hydrogen-bond acceptors (Lipinski definition) is 4. The number of nitrogens with two attached hydrogens (primary N) is 1. The van der Waals surface area contributed by atoms with Gasteiger partial charge in [-0.3, -0.25) is 0 Å². The summed E-state index contributed by atoms with van der Waals surface area (Å²) in [5.74, 6) is 0.103. The van der Waals surface area contributed by atoms with Crippen LogP contribution in [0.5, 0.6) is 0 Å². The summed E-state index contributed by atoms with van der Waals surface area (Å²) in [5.41, 5.74) is 6.06. The number of ether oxygens (including phenoxy) is 1. The zero-order valence-corrected chi connectivity index (χ0v) is 8.99. The molecule has 7 heteroatoms. The van der Waals surface area contributed by atoms with Crippen molar-refractivity contribution in [3.05, 3.63) is 20.3 Å². The van der Waals surface area contributed by atoms with E-state index in [2.05, 4.69) is 4.99 Å². The lowest BCUT2D eigenvalue weighted by Crippen LogP contribution is -2.18. The number of carbonyl (C=O) groups excluding carboxylic acids is 1. The van der Waals surface area contributed by atoms with Gasteiger partial charge in [0.2, 0.25) is 0 Å². The van der Waals surface area contributed by atoms with Crippen molar-refractivity contribution in [1.29, 1.82) is 0 Å². The number of aliphatic imine (C=N–C) groups is 1. The molecule has 0 fully saturated rings. The summed E-state index contributed by atoms with van der Waals surface area (Å²) in [6.45, 7) is 0. The van der Waals surface area contributed by atoms with Crippen LogP contribution in [0.25, 0.3) is 0 Å². The van der Waals surface area contributed by atoms with Crippen LogP contribution in [-0.4, -0.2) is 11.9 Å². The second-order valence-electron chi connectivity index (χ2n) is 2.58. The Hall–Kier alpha value is -0.780. The molecule has 1 aromatic heterocycles. The first-order valence-corrected chi connectivity index (χ1v) is 5.14. The standard InChI is InChI=1S/C7H4Cl2N2O2S/c8-3-1-2(5(9)14-3)4-6(10)11-7(12)13-4/h1,4H,(H2,10,11,12). The fourth-order valence-electron chi connectivity index (χ4n) is 1.11. The minimum absolute atomic E-state index is 0.103. The smallest absolute Gasteiger partial charge is 0.431 e. The topological polar surface area (TPSA) is 64.7 Å². The quantitative estimate of drug-likeness (QED) is 0.834. The Balaban J connectivity index is 2.37. The van der Waals surface area contributed by atoms with Gasteiger partial charge in [-0.15, -0.1) is 11.3 Å². The van der Waals surface area contributed by atoms with E-state index in [1.165, 1.54) is 11.3 Å². The summed E-state index contributed by atoms with van der Waals surface area (Å²) in [6, 6.07) is 1.61. The first-order valence-electron chi connectivity index (χ1n) is 3.57. The number of halogens is 2. The largest absolute Gasteiger partial charge is 0.436 e. The van der Waals surface area contributed by atoms with E-state index >= 15 is 0 Å². The Bertz CT molecular complexity index is 429. The number of nitrogens with zero attached hydrogens (tertiary/aromatic N) is 1. The van der Waals surface area contributed by atoms with Gasteiger partial charge in [0.05, 0.1) is 4.34 Å². The van der Waals surface area contributed by atoms with E-state index in [0.717, 1.165) is 0 Å². The molecule has 0 bridgehead atoms. The highest BCUT2D eigenvalue weighted by molar-refractivity contribution is 7.20. The molecule has 1 atom stereocenters. The van der Waals surface area contributed by atoms with Crippen molar-refractivity contribution in [2.45, 2.75) is 6.10 Å². The average Bonchev–Trinajstić information content (AvgIpc) is 2.55. The zero-order chi connectivity index (χ0) is 10.3. The fraction of sp³-hybridized carbons (Fsp3) is 0.143. The number of cyclic esters (lactones) is 1. The monoisotopic (exact) mass is 250 g/mol. The number of rotatable bonds is 1. The van der Waals surface area contributed by atoms with E-state index in [1.807, 2.05) is 0 Å². The third-order valence-corrected chi connectivity index (χ3v) is 3.19. The second-order valence-corrected chi connectivity index (χ2v) is 4.87. The molecule has 1 amide bonds. The van der Waals surface area contributed by atoms with Crippen molar-refractivity contribution in [2.75, 3.05) is 0 Å². The Morgan fingerprint density at radius 1 is 1.57 bits per heavy atom. The molecule has 1 aliphatic heterocycles. The van der Waals surface area contributed by atoms with Crippen molar-refractivity contribution in [3.63, 3.8) is 0 Å². The maximum atomic E-state index is 10.8. The van der Waals surface area contributed by atoms with Gasteiger partial charge in [0.1, 0.15) is 4.34 Å². The van der Waals surface area contributed by atoms with Gasteiger partial charge in [-0.1, -0.05) is 23.2 Å². The Labute approximate surface area is 93.3 Å². The van der Waals surface area contributed by atoms with Crippen molar-refractivity contribution >= 4 is 46.5 Å². The van der Waals surface area contributed by atoms with Crippen molar-refractivity contribution in [2.24, 2.45) is 10.7 Å². The summed E-state index contributed by atoms with van der Waals surface area (Å²) >= 11 is 12.8. The van der Waals surface area contributed by atoms with Crippen LogP contribution in [-0.2, 0) is 4.74 Å². The highest BCUT2D eigenvalue weighted by Gasteiger charge is 2.30. The Kier molecular flexibility index (Phi) is 2.38. The van der Waals surface area contributed by atoms with Gasteiger partial charge in [-0.2, -0.15) is 4.99 Å². The van der Waals surface area contributed by atoms with E-state index in [0.29, 0.717) is 14.2 Å². The van der Waals surface area contributed by atoms with E-state index in [9.17, 15) is 4.79 Å². The molecule has 2 N–H and O–H groups in total. The summed E-state index contributed by atoms with van der Waals surface area (Å²) < 4.78 is 5.82. The van der Waals surface area contributed by atoms with Crippen LogP contribution in [0.2, 0.25) is 8.67 Å². The Morgan fingerprint density at radius 2 is 2.29 bits per heavy atom. The van der Waals surface area contributed by atoms with Crippen molar-refractivity contribution < 1.29 is 9.53 Å². The van der Waals surface area contributed by atoms with Crippen molar-refractivity contribution in [1.82, 2.24) is 0 Å². The summed E-state index contributed by atoms with van der Waals surface area (Å²) in [5, 5.41) is 0. The number of hydrogen-bond donors (Lipinski definition) is 1. The van der Waals surface area contributed by atoms with Crippen LogP contribution in [0.1, 0.15) is 11.7 Å². The molecule has 2 rings (SSSR count). The molecule has 4 nitrogen and oxygen atoms in total. The molecule has 1 aliphatic rings. The van der Waals surface area contributed by atoms with Crippen LogP contribution in [0.3, 0.4) is 0 Å². The Morgan fingerprint density at radius 3 is 2.71 bits per heavy atom. The minimum atomic E-state index is -0.703. The normalized spacial score (nSPS) is 20.9. The molecule has 0 aliphatic carbocycles. The number of carbonyl (C=O) groups is 1. The first kappa shape index (κ1) is 9.76. The van der Waals surface area contributed by atoms with Gasteiger partial charge in [0.15, 0.2) is 11.9 Å². The van der Waals surface area contributed by atoms with E-state index < -0.39 is 12.2 Å². The van der Waals surface area contributed by atoms with Crippen LogP contribution in [0.15, 0.2) is 11.1 Å². The molecular formula is C7H4Cl2N2O2S. The van der Waals surface area contributed by atoms with E-state index in [4.69, 9.17) is 33.7 Å². The zero-order valence-electron chi connectivity index (χ0n) is 6.66. The van der Waals surface area contributed by atoms with Crippen LogP contribution >= 0.6 is 34.5 Å². The molecule has 1 unspecified atom stereocenters. The molecule has 0 spiro atoms. The molecular weight excluding hydrogens is 247 g/mol. The predicted molar refractivity (Wildman–Crippen MR) is 55.2 cm³/mol. The molecule has 1 aromatic rings. The number of thiophene rings is 1. The highest BCUT2D eigenvalue weighted by atomic mass is 35.5. The van der Waals surface area contributed by atoms with Gasteiger partial charge in [0.25, 0.3) is 0 Å².